The summed E-state index contributed by atoms with van der Waals surface area (Å²) in [6.45, 7) is 0. The molecule has 0 saturated heterocycles. The number of carbonyl (C=O) groups excluding carboxylic acids is 2. The zero-order chi connectivity index (χ0) is 8.10. The SMILES string of the molecule is O=C[I-]c1ccc(C=O)cc1. The van der Waals surface area contributed by atoms with Crippen LogP contribution in [-0.2, 0) is 4.79 Å². The van der Waals surface area contributed by atoms with Crippen molar-refractivity contribution >= 4 is 10.6 Å². The fourth-order valence-electron chi connectivity index (χ4n) is 0.666. The third-order valence-corrected chi connectivity index (χ3v) is 2.87. The number of benzene rings is 1. The fourth-order valence-corrected chi connectivity index (χ4v) is 1.73. The van der Waals surface area contributed by atoms with Crippen molar-refractivity contribution in [3.05, 3.63) is 33.4 Å². The molecule has 1 aromatic carbocycles. The second kappa shape index (κ2) is 4.23. The van der Waals surface area contributed by atoms with Gasteiger partial charge in [0.1, 0.15) is 0 Å². The van der Waals surface area contributed by atoms with E-state index in [2.05, 4.69) is 0 Å². The second-order valence-electron chi connectivity index (χ2n) is 1.87. The van der Waals surface area contributed by atoms with Crippen LogP contribution in [0.2, 0.25) is 0 Å². The molecule has 58 valence electrons. The molecule has 0 spiro atoms. The summed E-state index contributed by atoms with van der Waals surface area (Å²) in [6.07, 6.45) is 0.795. The summed E-state index contributed by atoms with van der Waals surface area (Å²) in [5, 5.41) is 0. The van der Waals surface area contributed by atoms with Crippen LogP contribution >= 0.6 is 0 Å². The number of carbonyl (C=O) groups is 2. The van der Waals surface area contributed by atoms with Gasteiger partial charge in [-0.25, -0.2) is 0 Å². The van der Waals surface area contributed by atoms with Crippen molar-refractivity contribution in [2.45, 2.75) is 0 Å². The van der Waals surface area contributed by atoms with Gasteiger partial charge in [-0.05, 0) is 0 Å². The molecule has 0 bridgehead atoms. The van der Waals surface area contributed by atoms with E-state index in [1.165, 1.54) is 0 Å². The van der Waals surface area contributed by atoms with Crippen molar-refractivity contribution in [1.29, 1.82) is 0 Å². The molecule has 2 nitrogen and oxygen atoms in total. The van der Waals surface area contributed by atoms with Gasteiger partial charge in [-0.3, -0.25) is 0 Å². The van der Waals surface area contributed by atoms with E-state index >= 15 is 0 Å². The number of aldehydes is 1. The van der Waals surface area contributed by atoms with Gasteiger partial charge in [0, 0.05) is 0 Å². The molecular weight excluding hydrogens is 255 g/mol. The molecule has 1 rings (SSSR count). The van der Waals surface area contributed by atoms with Gasteiger partial charge in [-0.1, -0.05) is 0 Å². The first-order valence-corrected chi connectivity index (χ1v) is 5.31. The van der Waals surface area contributed by atoms with Crippen LogP contribution in [0.5, 0.6) is 0 Å². The molecular formula is C8H6IO2-. The van der Waals surface area contributed by atoms with Crippen molar-refractivity contribution in [3.63, 3.8) is 0 Å². The molecule has 1 aromatic rings. The predicted molar refractivity (Wildman–Crippen MR) is 37.3 cm³/mol. The minimum absolute atomic E-state index is 0.485. The van der Waals surface area contributed by atoms with Gasteiger partial charge in [0.15, 0.2) is 0 Å². The Labute approximate surface area is 74.9 Å². The molecule has 0 radical (unpaired) electrons. The molecule has 0 aromatic heterocycles. The Morgan fingerprint density at radius 1 is 1.09 bits per heavy atom. The van der Waals surface area contributed by atoms with Crippen LogP contribution < -0.4 is 21.2 Å². The summed E-state index contributed by atoms with van der Waals surface area (Å²) < 4.78 is 2.00. The van der Waals surface area contributed by atoms with Crippen molar-refractivity contribution < 1.29 is 30.8 Å². The molecule has 0 heterocycles. The first kappa shape index (κ1) is 8.39. The van der Waals surface area contributed by atoms with Crippen molar-refractivity contribution in [2.75, 3.05) is 0 Å². The normalized spacial score (nSPS) is 9.45. The molecule has 11 heavy (non-hydrogen) atoms. The van der Waals surface area contributed by atoms with Crippen LogP contribution in [0.15, 0.2) is 24.3 Å². The Morgan fingerprint density at radius 2 is 1.73 bits per heavy atom. The maximum absolute atomic E-state index is 10.2. The summed E-state index contributed by atoms with van der Waals surface area (Å²) in [6, 6.07) is 7.11. The van der Waals surface area contributed by atoms with E-state index in [4.69, 9.17) is 0 Å². The van der Waals surface area contributed by atoms with E-state index in [-0.39, 0.29) is 0 Å². The van der Waals surface area contributed by atoms with Crippen molar-refractivity contribution in [1.82, 2.24) is 0 Å². The van der Waals surface area contributed by atoms with Gasteiger partial charge >= 0.3 is 74.8 Å². The second-order valence-corrected chi connectivity index (χ2v) is 4.24. The number of halogens is 1. The summed E-state index contributed by atoms with van der Waals surface area (Å²) in [5.74, 6) is 0. The molecule has 0 atom stereocenters. The van der Waals surface area contributed by atoms with E-state index in [9.17, 15) is 9.59 Å². The Kier molecular flexibility index (Phi) is 3.22. The molecule has 0 amide bonds. The zero-order valence-electron chi connectivity index (χ0n) is 5.66. The quantitative estimate of drug-likeness (QED) is 0.356. The Bertz CT molecular complexity index is 253. The van der Waals surface area contributed by atoms with Crippen LogP contribution in [0.1, 0.15) is 10.4 Å². The third-order valence-electron chi connectivity index (χ3n) is 1.18. The summed E-state index contributed by atoms with van der Waals surface area (Å²) in [5.41, 5.74) is 0.656. The monoisotopic (exact) mass is 261 g/mol. The van der Waals surface area contributed by atoms with Gasteiger partial charge in [-0.2, -0.15) is 0 Å². The maximum atomic E-state index is 10.2. The molecule has 0 aliphatic rings. The summed E-state index contributed by atoms with van der Waals surface area (Å²) in [4.78, 5) is 20.3. The molecule has 3 heteroatoms. The Hall–Kier alpha value is -0.710. The van der Waals surface area contributed by atoms with Gasteiger partial charge in [-0.15, -0.1) is 0 Å². The van der Waals surface area contributed by atoms with Crippen molar-refractivity contribution in [3.8, 4) is 0 Å². The molecule has 0 saturated carbocycles. The van der Waals surface area contributed by atoms with E-state index in [0.29, 0.717) is 5.56 Å². The number of hydrogen-bond donors (Lipinski definition) is 0. The van der Waals surface area contributed by atoms with Crippen LogP contribution in [-0.4, -0.2) is 10.6 Å². The minimum atomic E-state index is -0.485. The third kappa shape index (κ3) is 2.42. The first-order chi connectivity index (χ1) is 5.36. The topological polar surface area (TPSA) is 34.1 Å². The van der Waals surface area contributed by atoms with Crippen LogP contribution in [0, 0.1) is 3.57 Å². The van der Waals surface area contributed by atoms with Gasteiger partial charge in [0.05, 0.1) is 0 Å². The molecule has 0 fully saturated rings. The van der Waals surface area contributed by atoms with Crippen LogP contribution in [0.4, 0.5) is 0 Å². The predicted octanol–water partition coefficient (Wildman–Crippen LogP) is -2.05. The number of hydrogen-bond acceptors (Lipinski definition) is 2. The average molecular weight is 261 g/mol. The molecule has 0 N–H and O–H groups in total. The average Bonchev–Trinajstić information content (AvgIpc) is 2.07. The summed E-state index contributed by atoms with van der Waals surface area (Å²) in [7, 11) is 0. The molecule has 0 aliphatic carbocycles. The fraction of sp³-hybridized carbons (Fsp3) is 0. The van der Waals surface area contributed by atoms with E-state index in [0.717, 1.165) is 14.1 Å². The molecule has 0 unspecified atom stereocenters. The standard InChI is InChI=1S/C8H6IO2/c10-5-7-1-3-8(4-2-7)9-6-11/h1-6H/q-1. The Morgan fingerprint density at radius 3 is 2.18 bits per heavy atom. The first-order valence-electron chi connectivity index (χ1n) is 2.99. The van der Waals surface area contributed by atoms with Gasteiger partial charge in [0.2, 0.25) is 0 Å². The van der Waals surface area contributed by atoms with Crippen LogP contribution in [0.3, 0.4) is 0 Å². The number of rotatable bonds is 3. The van der Waals surface area contributed by atoms with E-state index in [1.807, 2.05) is 12.1 Å². The van der Waals surface area contributed by atoms with E-state index in [1.54, 1.807) is 12.1 Å². The van der Waals surface area contributed by atoms with E-state index < -0.39 is 21.2 Å². The van der Waals surface area contributed by atoms with Crippen LogP contribution in [0.25, 0.3) is 0 Å². The Balaban J connectivity index is 2.81. The van der Waals surface area contributed by atoms with Gasteiger partial charge in [0.25, 0.3) is 0 Å². The zero-order valence-corrected chi connectivity index (χ0v) is 7.82. The summed E-state index contributed by atoms with van der Waals surface area (Å²) >= 11 is -0.485. The van der Waals surface area contributed by atoms with Crippen molar-refractivity contribution in [2.24, 2.45) is 0 Å². The van der Waals surface area contributed by atoms with Gasteiger partial charge < -0.3 is 0 Å². The molecule has 0 aliphatic heterocycles.